The molecule has 0 unspecified atom stereocenters. The summed E-state index contributed by atoms with van der Waals surface area (Å²) in [5, 5.41) is 41.1. The van der Waals surface area contributed by atoms with E-state index in [1.807, 2.05) is 0 Å². The topological polar surface area (TPSA) is 116 Å². The fourth-order valence-corrected chi connectivity index (χ4v) is 1.81. The minimum Gasteiger partial charge on any atom is -0.394 e. The van der Waals surface area contributed by atoms with E-state index in [1.54, 1.807) is 12.1 Å². The van der Waals surface area contributed by atoms with Crippen LogP contribution in [-0.2, 0) is 6.54 Å². The fraction of sp³-hybridized carbons (Fsp3) is 0.455. The average Bonchev–Trinajstić information content (AvgIpc) is 2.42. The molecule has 0 fully saturated rings. The minimum atomic E-state index is -1.26. The van der Waals surface area contributed by atoms with Gasteiger partial charge in [-0.3, -0.25) is 10.1 Å². The number of nitro groups is 1. The molecule has 0 aliphatic carbocycles. The maximum absolute atomic E-state index is 10.9. The zero-order valence-corrected chi connectivity index (χ0v) is 11.6. The lowest BCUT2D eigenvalue weighted by Gasteiger charge is -2.28. The lowest BCUT2D eigenvalue weighted by Crippen LogP contribution is -2.54. The van der Waals surface area contributed by atoms with E-state index in [0.717, 1.165) is 0 Å². The first-order valence-corrected chi connectivity index (χ1v) is 6.28. The number of benzene rings is 1. The molecule has 19 heavy (non-hydrogen) atoms. The van der Waals surface area contributed by atoms with Crippen LogP contribution >= 0.6 is 15.9 Å². The highest BCUT2D eigenvalue weighted by Crippen LogP contribution is 2.23. The van der Waals surface area contributed by atoms with Crippen LogP contribution in [0.15, 0.2) is 22.7 Å². The SMILES string of the molecule is O=[N+]([O-])c1cc(Br)ccc1CNC(CO)(CO)CO. The highest BCUT2D eigenvalue weighted by molar-refractivity contribution is 9.10. The fourth-order valence-electron chi connectivity index (χ4n) is 1.46. The lowest BCUT2D eigenvalue weighted by molar-refractivity contribution is -0.385. The van der Waals surface area contributed by atoms with Crippen LogP contribution in [0.25, 0.3) is 0 Å². The standard InChI is InChI=1S/C11H15BrN2O5/c12-9-2-1-8(10(3-9)14(18)19)4-13-11(5-15,6-16)7-17/h1-3,13,15-17H,4-7H2. The highest BCUT2D eigenvalue weighted by Gasteiger charge is 2.28. The van der Waals surface area contributed by atoms with Gasteiger partial charge in [0.15, 0.2) is 0 Å². The molecule has 0 aliphatic rings. The van der Waals surface area contributed by atoms with Gasteiger partial charge in [-0.25, -0.2) is 0 Å². The van der Waals surface area contributed by atoms with Crippen LogP contribution < -0.4 is 5.32 Å². The van der Waals surface area contributed by atoms with E-state index in [2.05, 4.69) is 21.2 Å². The molecule has 106 valence electrons. The van der Waals surface area contributed by atoms with Crippen molar-refractivity contribution in [2.24, 2.45) is 0 Å². The third kappa shape index (κ3) is 3.95. The molecule has 0 amide bonds. The summed E-state index contributed by atoms with van der Waals surface area (Å²) in [6, 6.07) is 4.59. The number of rotatable bonds is 7. The summed E-state index contributed by atoms with van der Waals surface area (Å²) in [4.78, 5) is 10.4. The number of aliphatic hydroxyl groups excluding tert-OH is 3. The second kappa shape index (κ2) is 6.92. The Morgan fingerprint density at radius 3 is 2.32 bits per heavy atom. The number of nitrogens with zero attached hydrogens (tertiary/aromatic N) is 1. The molecule has 0 heterocycles. The molecule has 4 N–H and O–H groups in total. The van der Waals surface area contributed by atoms with Crippen molar-refractivity contribution in [3.63, 3.8) is 0 Å². The molecule has 0 atom stereocenters. The zero-order valence-electron chi connectivity index (χ0n) is 10.0. The van der Waals surface area contributed by atoms with Gasteiger partial charge in [0.1, 0.15) is 0 Å². The van der Waals surface area contributed by atoms with E-state index in [4.69, 9.17) is 15.3 Å². The van der Waals surface area contributed by atoms with Gasteiger partial charge in [0.05, 0.1) is 30.3 Å². The Labute approximate surface area is 118 Å². The van der Waals surface area contributed by atoms with Crippen LogP contribution in [0, 0.1) is 10.1 Å². The molecular formula is C11H15BrN2O5. The van der Waals surface area contributed by atoms with Crippen LogP contribution in [-0.4, -0.2) is 45.6 Å². The van der Waals surface area contributed by atoms with Gasteiger partial charge in [-0.2, -0.15) is 0 Å². The third-order valence-corrected chi connectivity index (χ3v) is 3.30. The van der Waals surface area contributed by atoms with Crippen LogP contribution in [0.2, 0.25) is 0 Å². The van der Waals surface area contributed by atoms with E-state index in [1.165, 1.54) is 6.07 Å². The summed E-state index contributed by atoms with van der Waals surface area (Å²) >= 11 is 3.15. The predicted octanol–water partition coefficient (Wildman–Crippen LogP) is 0.163. The molecule has 1 aromatic carbocycles. The maximum atomic E-state index is 10.9. The Balaban J connectivity index is 2.91. The number of hydrogen-bond donors (Lipinski definition) is 4. The van der Waals surface area contributed by atoms with E-state index in [-0.39, 0.29) is 12.2 Å². The molecule has 7 nitrogen and oxygen atoms in total. The molecule has 0 radical (unpaired) electrons. The lowest BCUT2D eigenvalue weighted by atomic mass is 10.0. The van der Waals surface area contributed by atoms with Crippen molar-refractivity contribution in [3.05, 3.63) is 38.3 Å². The van der Waals surface area contributed by atoms with Gasteiger partial charge in [0.25, 0.3) is 5.69 Å². The van der Waals surface area contributed by atoms with Gasteiger partial charge in [-0.15, -0.1) is 0 Å². The molecule has 0 saturated heterocycles. The van der Waals surface area contributed by atoms with Crippen LogP contribution in [0.1, 0.15) is 5.56 Å². The Morgan fingerprint density at radius 2 is 1.84 bits per heavy atom. The Bertz CT molecular complexity index is 442. The molecule has 8 heteroatoms. The monoisotopic (exact) mass is 334 g/mol. The molecule has 0 aliphatic heterocycles. The number of nitrogens with one attached hydrogen (secondary N) is 1. The summed E-state index contributed by atoms with van der Waals surface area (Å²) in [6.07, 6.45) is 0. The van der Waals surface area contributed by atoms with Crippen molar-refractivity contribution in [2.75, 3.05) is 19.8 Å². The normalized spacial score (nSPS) is 11.6. The number of aliphatic hydroxyl groups is 3. The van der Waals surface area contributed by atoms with Crippen molar-refractivity contribution in [1.29, 1.82) is 0 Å². The molecule has 0 spiro atoms. The zero-order chi connectivity index (χ0) is 14.5. The van der Waals surface area contributed by atoms with E-state index in [0.29, 0.717) is 10.0 Å². The second-order valence-corrected chi connectivity index (χ2v) is 5.05. The summed E-state index contributed by atoms with van der Waals surface area (Å²) in [5.74, 6) is 0. The van der Waals surface area contributed by atoms with Crippen molar-refractivity contribution in [2.45, 2.75) is 12.1 Å². The van der Waals surface area contributed by atoms with Gasteiger partial charge in [-0.05, 0) is 12.1 Å². The van der Waals surface area contributed by atoms with E-state index >= 15 is 0 Å². The van der Waals surface area contributed by atoms with Crippen molar-refractivity contribution in [1.82, 2.24) is 5.32 Å². The van der Waals surface area contributed by atoms with Crippen molar-refractivity contribution >= 4 is 21.6 Å². The molecule has 1 aromatic rings. The van der Waals surface area contributed by atoms with Crippen molar-refractivity contribution in [3.8, 4) is 0 Å². The molecule has 0 bridgehead atoms. The first kappa shape index (κ1) is 16.0. The summed E-state index contributed by atoms with van der Waals surface area (Å²) in [6.45, 7) is -1.40. The van der Waals surface area contributed by atoms with Gasteiger partial charge < -0.3 is 20.6 Å². The number of halogens is 1. The molecule has 0 aromatic heterocycles. The summed E-state index contributed by atoms with van der Waals surface area (Å²) in [7, 11) is 0. The van der Waals surface area contributed by atoms with Crippen molar-refractivity contribution < 1.29 is 20.2 Å². The first-order chi connectivity index (χ1) is 8.98. The third-order valence-electron chi connectivity index (χ3n) is 2.81. The predicted molar refractivity (Wildman–Crippen MR) is 71.6 cm³/mol. The van der Waals surface area contributed by atoms with Gasteiger partial charge >= 0.3 is 0 Å². The Morgan fingerprint density at radius 1 is 1.26 bits per heavy atom. The minimum absolute atomic E-state index is 0.0469. The van der Waals surface area contributed by atoms with E-state index < -0.39 is 30.3 Å². The summed E-state index contributed by atoms with van der Waals surface area (Å²) < 4.78 is 0.584. The molecule has 0 saturated carbocycles. The summed E-state index contributed by atoms with van der Waals surface area (Å²) in [5.41, 5.74) is -0.946. The highest BCUT2D eigenvalue weighted by atomic mass is 79.9. The number of nitro benzene ring substituents is 1. The van der Waals surface area contributed by atoms with E-state index in [9.17, 15) is 10.1 Å². The van der Waals surface area contributed by atoms with Gasteiger partial charge in [0, 0.05) is 22.6 Å². The largest absolute Gasteiger partial charge is 0.394 e. The first-order valence-electron chi connectivity index (χ1n) is 5.48. The number of hydrogen-bond acceptors (Lipinski definition) is 6. The van der Waals surface area contributed by atoms with Crippen LogP contribution in [0.3, 0.4) is 0 Å². The van der Waals surface area contributed by atoms with Gasteiger partial charge in [-0.1, -0.05) is 15.9 Å². The maximum Gasteiger partial charge on any atom is 0.275 e. The molecule has 1 rings (SSSR count). The smallest absolute Gasteiger partial charge is 0.275 e. The Kier molecular flexibility index (Phi) is 5.83. The van der Waals surface area contributed by atoms with Crippen LogP contribution in [0.5, 0.6) is 0 Å². The van der Waals surface area contributed by atoms with Gasteiger partial charge in [0.2, 0.25) is 0 Å². The second-order valence-electron chi connectivity index (χ2n) is 4.14. The van der Waals surface area contributed by atoms with Crippen LogP contribution in [0.4, 0.5) is 5.69 Å². The quantitative estimate of drug-likeness (QED) is 0.417. The Hall–Kier alpha value is -1.06. The average molecular weight is 335 g/mol. The molecular weight excluding hydrogens is 320 g/mol.